The standard InChI is InChI=1S/C76H48/c1-39(2)41-22-24-44(25-23-41)63-55-21-13-20-49-60-36-45(40(3)4)26-27-54(60)72(67(49)55)76-59-35-31-52-51-29-33-57-69-58(34-30-53(66(51)69)50-28-32-56(73(63)76)68(59)65(50)52)75-71-48-19-12-11-18-47(48)61-37-46(42-14-7-5-8-15-42)38-62(70(61)71)64(74(57)75)43-16-9-6-10-17-43/h5-40H,1-4H3. The number of benzene rings is 14. The van der Waals surface area contributed by atoms with Crippen LogP contribution in [0.5, 0.6) is 0 Å². The van der Waals surface area contributed by atoms with Gasteiger partial charge in [0.05, 0.1) is 0 Å². The summed E-state index contributed by atoms with van der Waals surface area (Å²) in [4.78, 5) is 0. The van der Waals surface area contributed by atoms with Crippen molar-refractivity contribution < 1.29 is 0 Å². The Bertz CT molecular complexity index is 5450. The fourth-order valence-corrected chi connectivity index (χ4v) is 15.3. The van der Waals surface area contributed by atoms with Crippen LogP contribution in [0.25, 0.3) is 184 Å². The molecule has 0 atom stereocenters. The molecule has 0 aliphatic rings. The predicted octanol–water partition coefficient (Wildman–Crippen LogP) is 22.3. The summed E-state index contributed by atoms with van der Waals surface area (Å²) in [5.41, 5.74) is 10.5. The van der Waals surface area contributed by atoms with E-state index < -0.39 is 0 Å². The third-order valence-corrected chi connectivity index (χ3v) is 18.5. The van der Waals surface area contributed by atoms with Crippen molar-refractivity contribution >= 4 is 151 Å². The number of hydrogen-bond acceptors (Lipinski definition) is 0. The van der Waals surface area contributed by atoms with E-state index >= 15 is 0 Å². The molecule has 0 bridgehead atoms. The fraction of sp³-hybridized carbons (Fsp3) is 0.0789. The van der Waals surface area contributed by atoms with Gasteiger partial charge in [0.15, 0.2) is 0 Å². The Kier molecular flexibility index (Phi) is 7.81. The third kappa shape index (κ3) is 4.97. The summed E-state index contributed by atoms with van der Waals surface area (Å²) in [5.74, 6) is 0.904. The van der Waals surface area contributed by atoms with Crippen LogP contribution in [0.15, 0.2) is 206 Å². The molecule has 18 rings (SSSR count). The first-order valence-corrected chi connectivity index (χ1v) is 27.4. The maximum absolute atomic E-state index is 2.50. The summed E-state index contributed by atoms with van der Waals surface area (Å²) in [6.07, 6.45) is 0. The molecule has 352 valence electrons. The van der Waals surface area contributed by atoms with Gasteiger partial charge in [-0.3, -0.25) is 0 Å². The summed E-state index contributed by atoms with van der Waals surface area (Å²) < 4.78 is 0. The number of fused-ring (bicyclic) bond motifs is 16. The number of rotatable bonds is 5. The molecule has 0 saturated heterocycles. The van der Waals surface area contributed by atoms with E-state index in [0.717, 1.165) is 0 Å². The Morgan fingerprint density at radius 3 is 1.13 bits per heavy atom. The van der Waals surface area contributed by atoms with Gasteiger partial charge in [-0.15, -0.1) is 0 Å². The average Bonchev–Trinajstić information content (AvgIpc) is 4.26. The Hall–Kier alpha value is -9.10. The molecule has 0 spiro atoms. The Labute approximate surface area is 438 Å². The second kappa shape index (κ2) is 14.4. The van der Waals surface area contributed by atoms with Gasteiger partial charge in [-0.1, -0.05) is 222 Å². The second-order valence-corrected chi connectivity index (χ2v) is 22.8. The summed E-state index contributed by atoms with van der Waals surface area (Å²) >= 11 is 0. The minimum absolute atomic E-state index is 0.444. The minimum atomic E-state index is 0.444. The third-order valence-electron chi connectivity index (χ3n) is 18.5. The second-order valence-electron chi connectivity index (χ2n) is 22.8. The van der Waals surface area contributed by atoms with Gasteiger partial charge >= 0.3 is 0 Å². The van der Waals surface area contributed by atoms with Gasteiger partial charge in [0.25, 0.3) is 0 Å². The molecule has 76 heavy (non-hydrogen) atoms. The molecule has 0 aliphatic heterocycles. The van der Waals surface area contributed by atoms with Crippen molar-refractivity contribution in [2.24, 2.45) is 0 Å². The van der Waals surface area contributed by atoms with E-state index in [1.165, 1.54) is 195 Å². The Morgan fingerprint density at radius 1 is 0.184 bits per heavy atom. The van der Waals surface area contributed by atoms with Crippen LogP contribution in [0.1, 0.15) is 50.7 Å². The number of hydrogen-bond donors (Lipinski definition) is 0. The molecule has 0 fully saturated rings. The fourth-order valence-electron chi connectivity index (χ4n) is 15.3. The van der Waals surface area contributed by atoms with E-state index in [-0.39, 0.29) is 0 Å². The molecule has 0 unspecified atom stereocenters. The molecule has 0 nitrogen and oxygen atoms in total. The highest BCUT2D eigenvalue weighted by atomic mass is 14.3. The average molecular weight is 961 g/mol. The van der Waals surface area contributed by atoms with Crippen molar-refractivity contribution in [1.29, 1.82) is 0 Å². The molecule has 18 aromatic carbocycles. The zero-order valence-corrected chi connectivity index (χ0v) is 42.8. The van der Waals surface area contributed by atoms with E-state index in [0.29, 0.717) is 11.8 Å². The van der Waals surface area contributed by atoms with E-state index in [9.17, 15) is 0 Å². The first-order valence-electron chi connectivity index (χ1n) is 27.4. The van der Waals surface area contributed by atoms with Crippen molar-refractivity contribution in [3.05, 3.63) is 217 Å². The van der Waals surface area contributed by atoms with Gasteiger partial charge in [-0.05, 0) is 219 Å². The van der Waals surface area contributed by atoms with Gasteiger partial charge in [0.1, 0.15) is 0 Å². The minimum Gasteiger partial charge on any atom is -0.0622 e. The molecule has 0 N–H and O–H groups in total. The van der Waals surface area contributed by atoms with Crippen LogP contribution in [0.3, 0.4) is 0 Å². The van der Waals surface area contributed by atoms with Gasteiger partial charge in [0, 0.05) is 0 Å². The molecule has 0 saturated carbocycles. The van der Waals surface area contributed by atoms with Crippen molar-refractivity contribution in [2.45, 2.75) is 39.5 Å². The van der Waals surface area contributed by atoms with E-state index in [1.807, 2.05) is 0 Å². The van der Waals surface area contributed by atoms with Crippen LogP contribution in [0, 0.1) is 0 Å². The molecule has 0 heteroatoms. The summed E-state index contributed by atoms with van der Waals surface area (Å²) in [6.45, 7) is 9.22. The van der Waals surface area contributed by atoms with E-state index in [2.05, 4.69) is 234 Å². The van der Waals surface area contributed by atoms with Crippen LogP contribution in [0.2, 0.25) is 0 Å². The molecule has 0 aromatic heterocycles. The lowest BCUT2D eigenvalue weighted by atomic mass is 9.87. The van der Waals surface area contributed by atoms with Gasteiger partial charge in [-0.2, -0.15) is 0 Å². The van der Waals surface area contributed by atoms with Crippen LogP contribution < -0.4 is 0 Å². The molecule has 0 aliphatic carbocycles. The Morgan fingerprint density at radius 2 is 0.539 bits per heavy atom. The van der Waals surface area contributed by atoms with Crippen molar-refractivity contribution in [3.63, 3.8) is 0 Å². The first kappa shape index (κ1) is 41.3. The van der Waals surface area contributed by atoms with Crippen LogP contribution in [-0.4, -0.2) is 0 Å². The van der Waals surface area contributed by atoms with Gasteiger partial charge < -0.3 is 0 Å². The zero-order valence-electron chi connectivity index (χ0n) is 42.8. The smallest absolute Gasteiger partial charge is 0.000696 e. The summed E-state index contributed by atoms with van der Waals surface area (Å²) in [7, 11) is 0. The molecule has 0 heterocycles. The molecular formula is C76H48. The highest BCUT2D eigenvalue weighted by Gasteiger charge is 2.30. The molecule has 0 amide bonds. The quantitative estimate of drug-likeness (QED) is 0.119. The topological polar surface area (TPSA) is 0 Å². The normalized spacial score (nSPS) is 13.0. The SMILES string of the molecule is CC(C)c1ccc(-c2c3cccc4c5cc(C(C)C)ccc5c(c34)c3c4ccc5c6ccc7c8c(-c9ccccc9)c9cc(-c%10ccccc%10)cc%10c%11ccccc%11c(c9%10)c8c8ccc(c9ccc(c23)c4c59)c6c78)cc1. The van der Waals surface area contributed by atoms with E-state index in [1.54, 1.807) is 0 Å². The van der Waals surface area contributed by atoms with Crippen molar-refractivity contribution in [3.8, 4) is 33.4 Å². The zero-order chi connectivity index (χ0) is 50.0. The van der Waals surface area contributed by atoms with E-state index in [4.69, 9.17) is 0 Å². The van der Waals surface area contributed by atoms with Gasteiger partial charge in [-0.25, -0.2) is 0 Å². The Balaban J connectivity index is 1.01. The highest BCUT2D eigenvalue weighted by molar-refractivity contribution is 6.54. The molecule has 0 radical (unpaired) electrons. The lowest BCUT2D eigenvalue weighted by molar-refractivity contribution is 0.867. The van der Waals surface area contributed by atoms with Crippen molar-refractivity contribution in [2.75, 3.05) is 0 Å². The molecule has 18 aromatic rings. The van der Waals surface area contributed by atoms with Crippen LogP contribution in [0.4, 0.5) is 0 Å². The first-order chi connectivity index (χ1) is 37.4. The predicted molar refractivity (Wildman–Crippen MR) is 332 cm³/mol. The highest BCUT2D eigenvalue weighted by Crippen LogP contribution is 2.59. The summed E-state index contributed by atoms with van der Waals surface area (Å²) in [6, 6.07) is 80.1. The largest absolute Gasteiger partial charge is 0.0622 e. The lowest BCUT2D eigenvalue weighted by Gasteiger charge is -2.15. The lowest BCUT2D eigenvalue weighted by Crippen LogP contribution is -1.89. The van der Waals surface area contributed by atoms with Crippen LogP contribution >= 0.6 is 0 Å². The van der Waals surface area contributed by atoms with Gasteiger partial charge in [0.2, 0.25) is 0 Å². The summed E-state index contributed by atoms with van der Waals surface area (Å²) in [5, 5.41) is 38.0. The van der Waals surface area contributed by atoms with Crippen molar-refractivity contribution in [1.82, 2.24) is 0 Å². The maximum atomic E-state index is 2.50. The van der Waals surface area contributed by atoms with Crippen LogP contribution in [-0.2, 0) is 0 Å². The maximum Gasteiger partial charge on any atom is -0.000696 e. The molecular weight excluding hydrogens is 913 g/mol. The monoisotopic (exact) mass is 960 g/mol.